The molecule has 1 aliphatic heterocycles. The largest absolute Gasteiger partial charge is 0.496 e. The third-order valence-corrected chi connectivity index (χ3v) is 3.96. The van der Waals surface area contributed by atoms with E-state index in [1.165, 1.54) is 11.3 Å². The van der Waals surface area contributed by atoms with Crippen molar-refractivity contribution in [3.8, 4) is 5.75 Å². The molecule has 0 radical (unpaired) electrons. The molecular formula is C12H18N2O2S. The van der Waals surface area contributed by atoms with Gasteiger partial charge in [0.2, 0.25) is 0 Å². The summed E-state index contributed by atoms with van der Waals surface area (Å²) >= 11 is 1.44. The summed E-state index contributed by atoms with van der Waals surface area (Å²) in [6.45, 7) is 6.62. The van der Waals surface area contributed by atoms with Crippen LogP contribution >= 0.6 is 11.3 Å². The van der Waals surface area contributed by atoms with Gasteiger partial charge in [-0.2, -0.15) is 0 Å². The van der Waals surface area contributed by atoms with Crippen molar-refractivity contribution in [2.45, 2.75) is 19.4 Å². The lowest BCUT2D eigenvalue weighted by Crippen LogP contribution is -2.59. The topological polar surface area (TPSA) is 41.6 Å². The zero-order valence-corrected chi connectivity index (χ0v) is 11.3. The van der Waals surface area contributed by atoms with E-state index >= 15 is 0 Å². The molecule has 1 saturated heterocycles. The third kappa shape index (κ3) is 2.45. The number of piperazine rings is 1. The van der Waals surface area contributed by atoms with Crippen LogP contribution in [0, 0.1) is 0 Å². The van der Waals surface area contributed by atoms with Gasteiger partial charge in [0.05, 0.1) is 17.5 Å². The lowest BCUT2D eigenvalue weighted by molar-refractivity contribution is 0.0482. The first-order valence-corrected chi connectivity index (χ1v) is 6.58. The third-order valence-electron chi connectivity index (χ3n) is 3.07. The molecule has 0 spiro atoms. The molecule has 2 heterocycles. The Labute approximate surface area is 106 Å². The Morgan fingerprint density at radius 2 is 2.35 bits per heavy atom. The van der Waals surface area contributed by atoms with Crippen LogP contribution in [0.25, 0.3) is 0 Å². The highest BCUT2D eigenvalue weighted by Gasteiger charge is 2.34. The van der Waals surface area contributed by atoms with Crippen LogP contribution < -0.4 is 10.1 Å². The fraction of sp³-hybridized carbons (Fsp3) is 0.583. The number of rotatable bonds is 2. The Balaban J connectivity index is 2.18. The van der Waals surface area contributed by atoms with E-state index in [2.05, 4.69) is 19.2 Å². The van der Waals surface area contributed by atoms with Gasteiger partial charge in [0.1, 0.15) is 5.75 Å². The normalized spacial score (nSPS) is 19.1. The smallest absolute Gasteiger partial charge is 0.264 e. The van der Waals surface area contributed by atoms with Crippen LogP contribution in [0.4, 0.5) is 0 Å². The summed E-state index contributed by atoms with van der Waals surface area (Å²) in [6.07, 6.45) is 0. The first-order chi connectivity index (χ1) is 8.04. The fourth-order valence-corrected chi connectivity index (χ4v) is 2.83. The maximum absolute atomic E-state index is 12.4. The molecule has 1 aromatic heterocycles. The van der Waals surface area contributed by atoms with Gasteiger partial charge < -0.3 is 15.0 Å². The lowest BCUT2D eigenvalue weighted by Gasteiger charge is -2.42. The van der Waals surface area contributed by atoms with E-state index in [1.54, 1.807) is 7.11 Å². The van der Waals surface area contributed by atoms with Crippen molar-refractivity contribution < 1.29 is 9.53 Å². The van der Waals surface area contributed by atoms with E-state index in [9.17, 15) is 4.79 Å². The molecule has 0 bridgehead atoms. The zero-order valence-electron chi connectivity index (χ0n) is 10.4. The number of methoxy groups -OCH3 is 1. The summed E-state index contributed by atoms with van der Waals surface area (Å²) in [5, 5.41) is 5.18. The molecule has 0 aliphatic carbocycles. The van der Waals surface area contributed by atoms with E-state index in [4.69, 9.17) is 4.74 Å². The highest BCUT2D eigenvalue weighted by molar-refractivity contribution is 7.12. The maximum atomic E-state index is 12.4. The number of carbonyl (C=O) groups excluding carboxylic acids is 1. The average Bonchev–Trinajstić information content (AvgIpc) is 2.76. The molecule has 4 nitrogen and oxygen atoms in total. The van der Waals surface area contributed by atoms with Crippen molar-refractivity contribution in [1.82, 2.24) is 10.2 Å². The molecule has 2 rings (SSSR count). The minimum atomic E-state index is -0.132. The van der Waals surface area contributed by atoms with Crippen molar-refractivity contribution in [3.05, 3.63) is 16.3 Å². The molecule has 94 valence electrons. The molecule has 17 heavy (non-hydrogen) atoms. The number of ether oxygens (including phenoxy) is 1. The standard InChI is InChI=1S/C12H18N2O2S/c1-12(2)8-13-4-5-14(12)11(15)10-6-9(16-3)7-17-10/h6-7,13H,4-5,8H2,1-3H3. The molecule has 0 saturated carbocycles. The van der Waals surface area contributed by atoms with Gasteiger partial charge in [0.25, 0.3) is 5.91 Å². The summed E-state index contributed by atoms with van der Waals surface area (Å²) in [5.41, 5.74) is -0.132. The average molecular weight is 254 g/mol. The number of amides is 1. The van der Waals surface area contributed by atoms with Crippen LogP contribution in [0.15, 0.2) is 11.4 Å². The minimum Gasteiger partial charge on any atom is -0.496 e. The monoisotopic (exact) mass is 254 g/mol. The van der Waals surface area contributed by atoms with Gasteiger partial charge in [-0.15, -0.1) is 11.3 Å². The Morgan fingerprint density at radius 3 is 2.94 bits per heavy atom. The van der Waals surface area contributed by atoms with Gasteiger partial charge >= 0.3 is 0 Å². The molecule has 5 heteroatoms. The van der Waals surface area contributed by atoms with Crippen LogP contribution in [-0.2, 0) is 0 Å². The van der Waals surface area contributed by atoms with E-state index in [0.29, 0.717) is 0 Å². The molecular weight excluding hydrogens is 236 g/mol. The second kappa shape index (κ2) is 4.66. The zero-order chi connectivity index (χ0) is 12.5. The molecule has 0 unspecified atom stereocenters. The van der Waals surface area contributed by atoms with Gasteiger partial charge in [-0.25, -0.2) is 0 Å². The first kappa shape index (κ1) is 12.4. The summed E-state index contributed by atoms with van der Waals surface area (Å²) in [5.74, 6) is 0.857. The number of thiophene rings is 1. The van der Waals surface area contributed by atoms with E-state index < -0.39 is 0 Å². The van der Waals surface area contributed by atoms with Crippen LogP contribution in [0.3, 0.4) is 0 Å². The Morgan fingerprint density at radius 1 is 1.59 bits per heavy atom. The Hall–Kier alpha value is -1.07. The van der Waals surface area contributed by atoms with Crippen molar-refractivity contribution in [1.29, 1.82) is 0 Å². The predicted molar refractivity (Wildman–Crippen MR) is 68.9 cm³/mol. The van der Waals surface area contributed by atoms with Gasteiger partial charge in [-0.1, -0.05) is 0 Å². The lowest BCUT2D eigenvalue weighted by atomic mass is 10.00. The summed E-state index contributed by atoms with van der Waals surface area (Å²) in [6, 6.07) is 1.81. The number of hydrogen-bond donors (Lipinski definition) is 1. The molecule has 1 aliphatic rings. The highest BCUT2D eigenvalue weighted by atomic mass is 32.1. The second-order valence-corrected chi connectivity index (χ2v) is 5.71. The first-order valence-electron chi connectivity index (χ1n) is 5.70. The molecule has 1 N–H and O–H groups in total. The van der Waals surface area contributed by atoms with Gasteiger partial charge in [-0.3, -0.25) is 4.79 Å². The molecule has 1 fully saturated rings. The van der Waals surface area contributed by atoms with Gasteiger partial charge in [0.15, 0.2) is 0 Å². The summed E-state index contributed by atoms with van der Waals surface area (Å²) in [4.78, 5) is 15.1. The number of nitrogens with zero attached hydrogens (tertiary/aromatic N) is 1. The van der Waals surface area contributed by atoms with Crippen molar-refractivity contribution in [3.63, 3.8) is 0 Å². The number of nitrogens with one attached hydrogen (secondary N) is 1. The van der Waals surface area contributed by atoms with Crippen LogP contribution in [-0.4, -0.2) is 43.1 Å². The van der Waals surface area contributed by atoms with Crippen LogP contribution in [0.1, 0.15) is 23.5 Å². The number of carbonyl (C=O) groups is 1. The van der Waals surface area contributed by atoms with Gasteiger partial charge in [-0.05, 0) is 13.8 Å². The maximum Gasteiger partial charge on any atom is 0.264 e. The number of hydrogen-bond acceptors (Lipinski definition) is 4. The highest BCUT2D eigenvalue weighted by Crippen LogP contribution is 2.26. The minimum absolute atomic E-state index is 0.102. The van der Waals surface area contributed by atoms with Crippen molar-refractivity contribution in [2.24, 2.45) is 0 Å². The molecule has 0 atom stereocenters. The van der Waals surface area contributed by atoms with Gasteiger partial charge in [0, 0.05) is 31.1 Å². The molecule has 1 amide bonds. The molecule has 1 aromatic rings. The van der Waals surface area contributed by atoms with Crippen molar-refractivity contribution in [2.75, 3.05) is 26.7 Å². The van der Waals surface area contributed by atoms with E-state index in [-0.39, 0.29) is 11.4 Å². The quantitative estimate of drug-likeness (QED) is 0.871. The molecule has 0 aromatic carbocycles. The second-order valence-electron chi connectivity index (χ2n) is 4.80. The Kier molecular flexibility index (Phi) is 3.40. The van der Waals surface area contributed by atoms with Crippen LogP contribution in [0.2, 0.25) is 0 Å². The summed E-state index contributed by atoms with van der Waals surface area (Å²) in [7, 11) is 1.62. The van der Waals surface area contributed by atoms with Crippen LogP contribution in [0.5, 0.6) is 5.75 Å². The van der Waals surface area contributed by atoms with E-state index in [0.717, 1.165) is 30.3 Å². The predicted octanol–water partition coefficient (Wildman–Crippen LogP) is 1.58. The Bertz CT molecular complexity index is 414. The summed E-state index contributed by atoms with van der Waals surface area (Å²) < 4.78 is 5.11. The fourth-order valence-electron chi connectivity index (χ4n) is 2.03. The van der Waals surface area contributed by atoms with E-state index in [1.807, 2.05) is 16.3 Å². The SMILES string of the molecule is COc1csc(C(=O)N2CCNCC2(C)C)c1. The van der Waals surface area contributed by atoms with Crippen molar-refractivity contribution >= 4 is 17.2 Å².